The Hall–Kier alpha value is -2.57. The Bertz CT molecular complexity index is 816. The highest BCUT2D eigenvalue weighted by molar-refractivity contribution is 6.36. The Morgan fingerprint density at radius 1 is 1.00 bits per heavy atom. The lowest BCUT2D eigenvalue weighted by Gasteiger charge is -2.09. The maximum atomic E-state index is 11.9. The first-order chi connectivity index (χ1) is 12.9. The zero-order valence-corrected chi connectivity index (χ0v) is 16.0. The molecule has 0 aliphatic heterocycles. The molecular weight excluding hydrogens is 393 g/mol. The SMILES string of the molecule is COC(=O)c1ccc(CNC(=O)COC(=O)Cc2c(Cl)cccc2Cl)cc1. The van der Waals surface area contributed by atoms with E-state index in [1.165, 1.54) is 7.11 Å². The summed E-state index contributed by atoms with van der Waals surface area (Å²) in [5, 5.41) is 3.34. The second-order valence-electron chi connectivity index (χ2n) is 5.50. The van der Waals surface area contributed by atoms with Crippen molar-refractivity contribution in [3.8, 4) is 0 Å². The molecule has 0 aliphatic carbocycles. The van der Waals surface area contributed by atoms with Crippen LogP contribution < -0.4 is 5.32 Å². The van der Waals surface area contributed by atoms with Crippen molar-refractivity contribution in [3.63, 3.8) is 0 Å². The maximum Gasteiger partial charge on any atom is 0.337 e. The van der Waals surface area contributed by atoms with Gasteiger partial charge in [0.25, 0.3) is 5.91 Å². The van der Waals surface area contributed by atoms with Crippen LogP contribution in [0.5, 0.6) is 0 Å². The van der Waals surface area contributed by atoms with Crippen molar-refractivity contribution in [1.29, 1.82) is 0 Å². The fourth-order valence-corrected chi connectivity index (χ4v) is 2.70. The standard InChI is InChI=1S/C19H17Cl2NO5/c1-26-19(25)13-7-5-12(6-8-13)10-22-17(23)11-27-18(24)9-14-15(20)3-2-4-16(14)21/h2-8H,9-11H2,1H3,(H,22,23). The second kappa shape index (κ2) is 9.94. The molecule has 2 aromatic rings. The topological polar surface area (TPSA) is 81.7 Å². The molecule has 0 heterocycles. The average molecular weight is 410 g/mol. The zero-order valence-electron chi connectivity index (χ0n) is 14.5. The summed E-state index contributed by atoms with van der Waals surface area (Å²) < 4.78 is 9.55. The van der Waals surface area contributed by atoms with Gasteiger partial charge in [0.2, 0.25) is 0 Å². The molecule has 0 spiro atoms. The molecule has 0 radical (unpaired) electrons. The lowest BCUT2D eigenvalue weighted by molar-refractivity contribution is -0.147. The molecule has 1 N–H and O–H groups in total. The summed E-state index contributed by atoms with van der Waals surface area (Å²) in [6.07, 6.45) is -0.124. The van der Waals surface area contributed by atoms with Crippen LogP contribution in [0, 0.1) is 0 Å². The van der Waals surface area contributed by atoms with Crippen molar-refractivity contribution in [2.24, 2.45) is 0 Å². The van der Waals surface area contributed by atoms with Crippen LogP contribution in [0.1, 0.15) is 21.5 Å². The number of hydrogen-bond acceptors (Lipinski definition) is 5. The first-order valence-corrected chi connectivity index (χ1v) is 8.68. The molecule has 0 atom stereocenters. The maximum absolute atomic E-state index is 11.9. The average Bonchev–Trinajstić information content (AvgIpc) is 2.67. The van der Waals surface area contributed by atoms with E-state index in [0.717, 1.165) is 5.56 Å². The number of esters is 2. The normalized spacial score (nSPS) is 10.2. The quantitative estimate of drug-likeness (QED) is 0.710. The molecule has 0 bridgehead atoms. The third-order valence-electron chi connectivity index (χ3n) is 3.61. The summed E-state index contributed by atoms with van der Waals surface area (Å²) in [6, 6.07) is 11.5. The number of carbonyl (C=O) groups excluding carboxylic acids is 3. The Balaban J connectivity index is 1.77. The van der Waals surface area contributed by atoms with Crippen molar-refractivity contribution >= 4 is 41.0 Å². The third-order valence-corrected chi connectivity index (χ3v) is 4.32. The zero-order chi connectivity index (χ0) is 19.8. The summed E-state index contributed by atoms with van der Waals surface area (Å²) >= 11 is 12.0. The number of benzene rings is 2. The highest BCUT2D eigenvalue weighted by atomic mass is 35.5. The Morgan fingerprint density at radius 3 is 2.22 bits per heavy atom. The predicted molar refractivity (Wildman–Crippen MR) is 101 cm³/mol. The van der Waals surface area contributed by atoms with E-state index in [-0.39, 0.29) is 13.0 Å². The Kier molecular flexibility index (Phi) is 7.64. The smallest absolute Gasteiger partial charge is 0.337 e. The molecule has 27 heavy (non-hydrogen) atoms. The highest BCUT2D eigenvalue weighted by Crippen LogP contribution is 2.24. The van der Waals surface area contributed by atoms with Crippen molar-refractivity contribution in [2.75, 3.05) is 13.7 Å². The lowest BCUT2D eigenvalue weighted by Crippen LogP contribution is -2.28. The summed E-state index contributed by atoms with van der Waals surface area (Å²) in [6.45, 7) is -0.185. The van der Waals surface area contributed by atoms with Gasteiger partial charge in [-0.15, -0.1) is 0 Å². The van der Waals surface area contributed by atoms with Crippen molar-refractivity contribution in [3.05, 3.63) is 69.2 Å². The van der Waals surface area contributed by atoms with Crippen LogP contribution in [0.2, 0.25) is 10.0 Å². The molecule has 0 aromatic heterocycles. The predicted octanol–water partition coefficient (Wildman–Crippen LogP) is 3.18. The first kappa shape index (κ1) is 20.7. The van der Waals surface area contributed by atoms with Gasteiger partial charge in [-0.3, -0.25) is 9.59 Å². The first-order valence-electron chi connectivity index (χ1n) is 7.93. The highest BCUT2D eigenvalue weighted by Gasteiger charge is 2.13. The number of rotatable bonds is 7. The fraction of sp³-hybridized carbons (Fsp3) is 0.211. The van der Waals surface area contributed by atoms with Crippen LogP contribution in [-0.2, 0) is 32.0 Å². The van der Waals surface area contributed by atoms with Gasteiger partial charge in [-0.1, -0.05) is 41.4 Å². The Morgan fingerprint density at radius 2 is 1.63 bits per heavy atom. The molecule has 0 saturated heterocycles. The van der Waals surface area contributed by atoms with E-state index in [9.17, 15) is 14.4 Å². The summed E-state index contributed by atoms with van der Waals surface area (Å²) in [7, 11) is 1.30. The minimum Gasteiger partial charge on any atom is -0.465 e. The van der Waals surface area contributed by atoms with Gasteiger partial charge in [-0.05, 0) is 29.8 Å². The van der Waals surface area contributed by atoms with Crippen LogP contribution in [0.3, 0.4) is 0 Å². The number of methoxy groups -OCH3 is 1. The molecule has 0 saturated carbocycles. The molecule has 8 heteroatoms. The van der Waals surface area contributed by atoms with E-state index in [1.807, 2.05) is 0 Å². The van der Waals surface area contributed by atoms with Crippen molar-refractivity contribution < 1.29 is 23.9 Å². The minimum atomic E-state index is -0.609. The molecule has 2 rings (SSSR count). The third kappa shape index (κ3) is 6.27. The summed E-state index contributed by atoms with van der Waals surface area (Å²) in [5.41, 5.74) is 1.65. The summed E-state index contributed by atoms with van der Waals surface area (Å²) in [5.74, 6) is -1.50. The van der Waals surface area contributed by atoms with Gasteiger partial charge in [0.05, 0.1) is 19.1 Å². The van der Waals surface area contributed by atoms with Gasteiger partial charge in [-0.25, -0.2) is 4.79 Å². The molecule has 6 nitrogen and oxygen atoms in total. The van der Waals surface area contributed by atoms with E-state index in [2.05, 4.69) is 10.1 Å². The van der Waals surface area contributed by atoms with E-state index in [0.29, 0.717) is 21.2 Å². The van der Waals surface area contributed by atoms with Crippen LogP contribution in [0.25, 0.3) is 0 Å². The molecule has 1 amide bonds. The van der Waals surface area contributed by atoms with Crippen molar-refractivity contribution in [2.45, 2.75) is 13.0 Å². The van der Waals surface area contributed by atoms with E-state index < -0.39 is 24.5 Å². The number of ether oxygens (including phenoxy) is 2. The van der Waals surface area contributed by atoms with Crippen LogP contribution in [-0.4, -0.2) is 31.6 Å². The van der Waals surface area contributed by atoms with Gasteiger partial charge in [-0.2, -0.15) is 0 Å². The van der Waals surface area contributed by atoms with Gasteiger partial charge in [0, 0.05) is 22.2 Å². The Labute approximate surface area is 166 Å². The van der Waals surface area contributed by atoms with E-state index in [1.54, 1.807) is 42.5 Å². The second-order valence-corrected chi connectivity index (χ2v) is 6.32. The molecule has 142 valence electrons. The van der Waals surface area contributed by atoms with E-state index >= 15 is 0 Å². The monoisotopic (exact) mass is 409 g/mol. The molecule has 0 fully saturated rings. The minimum absolute atomic E-state index is 0.124. The molecule has 0 unspecified atom stereocenters. The number of amides is 1. The van der Waals surface area contributed by atoms with E-state index in [4.69, 9.17) is 27.9 Å². The van der Waals surface area contributed by atoms with Crippen molar-refractivity contribution in [1.82, 2.24) is 5.32 Å². The molecular formula is C19H17Cl2NO5. The number of hydrogen-bond donors (Lipinski definition) is 1. The van der Waals surface area contributed by atoms with Crippen LogP contribution in [0.4, 0.5) is 0 Å². The van der Waals surface area contributed by atoms with Crippen LogP contribution in [0.15, 0.2) is 42.5 Å². The van der Waals surface area contributed by atoms with Gasteiger partial charge in [0.15, 0.2) is 6.61 Å². The van der Waals surface area contributed by atoms with Crippen LogP contribution >= 0.6 is 23.2 Å². The lowest BCUT2D eigenvalue weighted by atomic mass is 10.1. The fourth-order valence-electron chi connectivity index (χ4n) is 2.17. The van der Waals surface area contributed by atoms with Gasteiger partial charge >= 0.3 is 11.9 Å². The van der Waals surface area contributed by atoms with Gasteiger partial charge in [0.1, 0.15) is 0 Å². The number of carbonyl (C=O) groups is 3. The summed E-state index contributed by atoms with van der Waals surface area (Å²) in [4.78, 5) is 35.0. The van der Waals surface area contributed by atoms with Gasteiger partial charge < -0.3 is 14.8 Å². The number of nitrogens with one attached hydrogen (secondary N) is 1. The number of halogens is 2. The largest absolute Gasteiger partial charge is 0.465 e. The molecule has 2 aromatic carbocycles. The molecule has 0 aliphatic rings.